The predicted molar refractivity (Wildman–Crippen MR) is 150 cm³/mol. The molecule has 2 rings (SSSR count). The van der Waals surface area contributed by atoms with E-state index >= 15 is 0 Å². The lowest BCUT2D eigenvalue weighted by molar-refractivity contribution is -0.143. The van der Waals surface area contributed by atoms with Gasteiger partial charge in [0.05, 0.1) is 6.54 Å². The van der Waals surface area contributed by atoms with E-state index in [1.807, 2.05) is 6.26 Å². The number of amides is 5. The van der Waals surface area contributed by atoms with Crippen LogP contribution in [-0.2, 0) is 35.2 Å². The van der Waals surface area contributed by atoms with Crippen molar-refractivity contribution >= 4 is 47.3 Å². The third kappa shape index (κ3) is 10.6. The molecule has 1 aromatic carbocycles. The number of thioether (sulfide) groups is 1. The molecule has 1 saturated heterocycles. The number of nitrogens with zero attached hydrogens (tertiary/aromatic N) is 1. The van der Waals surface area contributed by atoms with Gasteiger partial charge in [-0.05, 0) is 55.4 Å². The molecule has 1 fully saturated rings. The molecule has 9 N–H and O–H groups in total. The summed E-state index contributed by atoms with van der Waals surface area (Å²) in [6, 6.07) is 1.49. The average Bonchev–Trinajstić information content (AvgIpc) is 3.43. The molecule has 1 aliphatic rings. The molecule has 4 atom stereocenters. The standard InChI is InChI=1S/C26H38N6O8S/c1-41-12-10-17(23(36)31-19(26(39)40)13-15-4-6-16(33)7-5-15)30-24(37)20-3-2-11-32(20)25(38)18(8-9-21(28)34)29-22(35)14-27/h4-7,17-20,33H,2-3,8-14,27H2,1H3,(H2,28,34)(H,29,35)(H,30,37)(H,31,36)(H,39,40)/t17-,18-,19-,20-/m0/s1. The topological polar surface area (TPSA) is 234 Å². The van der Waals surface area contributed by atoms with Crippen LogP contribution in [0.25, 0.3) is 0 Å². The van der Waals surface area contributed by atoms with Crippen molar-refractivity contribution in [3.63, 3.8) is 0 Å². The zero-order valence-corrected chi connectivity index (χ0v) is 23.7. The summed E-state index contributed by atoms with van der Waals surface area (Å²) >= 11 is 1.44. The monoisotopic (exact) mass is 594 g/mol. The van der Waals surface area contributed by atoms with E-state index in [4.69, 9.17) is 11.5 Å². The number of carbonyl (C=O) groups excluding carboxylic acids is 5. The Balaban J connectivity index is 2.15. The van der Waals surface area contributed by atoms with E-state index in [1.54, 1.807) is 12.1 Å². The minimum absolute atomic E-state index is 0.0184. The van der Waals surface area contributed by atoms with Crippen LogP contribution in [0, 0.1) is 0 Å². The number of aromatic hydroxyl groups is 1. The van der Waals surface area contributed by atoms with Crippen LogP contribution in [0.1, 0.15) is 37.7 Å². The van der Waals surface area contributed by atoms with Gasteiger partial charge in [0.15, 0.2) is 0 Å². The van der Waals surface area contributed by atoms with Crippen molar-refractivity contribution in [1.29, 1.82) is 0 Å². The fourth-order valence-corrected chi connectivity index (χ4v) is 4.88. The molecule has 15 heteroatoms. The molecule has 226 valence electrons. The van der Waals surface area contributed by atoms with Gasteiger partial charge in [0.25, 0.3) is 0 Å². The van der Waals surface area contributed by atoms with Gasteiger partial charge in [-0.15, -0.1) is 0 Å². The molecule has 0 saturated carbocycles. The number of phenolic OH excluding ortho intramolecular Hbond substituents is 1. The molecule has 1 aromatic rings. The quantitative estimate of drug-likeness (QED) is 0.116. The van der Waals surface area contributed by atoms with Crippen LogP contribution in [0.4, 0.5) is 0 Å². The minimum atomic E-state index is -1.29. The smallest absolute Gasteiger partial charge is 0.326 e. The average molecular weight is 595 g/mol. The van der Waals surface area contributed by atoms with Gasteiger partial charge in [-0.1, -0.05) is 12.1 Å². The molecule has 0 unspecified atom stereocenters. The van der Waals surface area contributed by atoms with Gasteiger partial charge in [0, 0.05) is 19.4 Å². The normalized spacial score (nSPS) is 16.7. The Hall–Kier alpha value is -3.85. The van der Waals surface area contributed by atoms with Crippen molar-refractivity contribution in [2.24, 2.45) is 11.5 Å². The Labute approximate surface area is 241 Å². The van der Waals surface area contributed by atoms with E-state index in [-0.39, 0.29) is 44.5 Å². The summed E-state index contributed by atoms with van der Waals surface area (Å²) in [6.45, 7) is -0.154. The van der Waals surface area contributed by atoms with Gasteiger partial charge in [-0.3, -0.25) is 24.0 Å². The number of aliphatic carboxylic acids is 1. The van der Waals surface area contributed by atoms with E-state index in [0.29, 0.717) is 24.2 Å². The highest BCUT2D eigenvalue weighted by atomic mass is 32.2. The number of likely N-dealkylation sites (tertiary alicyclic amines) is 1. The van der Waals surface area contributed by atoms with E-state index in [0.717, 1.165) is 0 Å². The van der Waals surface area contributed by atoms with Gasteiger partial charge in [-0.25, -0.2) is 4.79 Å². The number of phenols is 1. The molecule has 0 spiro atoms. The molecule has 1 aliphatic heterocycles. The highest BCUT2D eigenvalue weighted by molar-refractivity contribution is 7.98. The molecule has 1 heterocycles. The summed E-state index contributed by atoms with van der Waals surface area (Å²) in [5.74, 6) is -3.89. The van der Waals surface area contributed by atoms with Gasteiger partial charge in [0.1, 0.15) is 29.9 Å². The molecule has 0 radical (unpaired) electrons. The molecule has 0 aromatic heterocycles. The first-order valence-electron chi connectivity index (χ1n) is 13.1. The van der Waals surface area contributed by atoms with Crippen molar-refractivity contribution < 1.29 is 39.0 Å². The molecular weight excluding hydrogens is 556 g/mol. The zero-order valence-electron chi connectivity index (χ0n) is 22.8. The largest absolute Gasteiger partial charge is 0.508 e. The number of nitrogens with one attached hydrogen (secondary N) is 3. The van der Waals surface area contributed by atoms with Gasteiger partial charge in [0.2, 0.25) is 29.5 Å². The Bertz CT molecular complexity index is 1100. The van der Waals surface area contributed by atoms with E-state index in [1.165, 1.54) is 28.8 Å². The molecule has 0 bridgehead atoms. The first-order valence-corrected chi connectivity index (χ1v) is 14.5. The molecule has 5 amide bonds. The van der Waals surface area contributed by atoms with E-state index < -0.39 is 59.7 Å². The summed E-state index contributed by atoms with van der Waals surface area (Å²) in [5.41, 5.74) is 11.1. The van der Waals surface area contributed by atoms with Crippen molar-refractivity contribution in [3.05, 3.63) is 29.8 Å². The Kier molecular flexibility index (Phi) is 13.4. The van der Waals surface area contributed by atoms with Crippen molar-refractivity contribution in [3.8, 4) is 5.75 Å². The fourth-order valence-electron chi connectivity index (χ4n) is 4.41. The van der Waals surface area contributed by atoms with Crippen LogP contribution in [0.5, 0.6) is 5.75 Å². The van der Waals surface area contributed by atoms with Crippen LogP contribution in [0.3, 0.4) is 0 Å². The first-order chi connectivity index (χ1) is 19.5. The minimum Gasteiger partial charge on any atom is -0.508 e. The second-order valence-electron chi connectivity index (χ2n) is 9.63. The van der Waals surface area contributed by atoms with Crippen LogP contribution < -0.4 is 27.4 Å². The first kappa shape index (κ1) is 33.4. The summed E-state index contributed by atoms with van der Waals surface area (Å²) in [7, 11) is 0. The number of carboxylic acid groups (broad SMARTS) is 1. The summed E-state index contributed by atoms with van der Waals surface area (Å²) < 4.78 is 0. The van der Waals surface area contributed by atoms with Crippen LogP contribution in [0.15, 0.2) is 24.3 Å². The molecule has 0 aliphatic carbocycles. The highest BCUT2D eigenvalue weighted by Crippen LogP contribution is 2.20. The lowest BCUT2D eigenvalue weighted by Crippen LogP contribution is -2.57. The number of hydrogen-bond donors (Lipinski definition) is 7. The second kappa shape index (κ2) is 16.4. The summed E-state index contributed by atoms with van der Waals surface area (Å²) in [6.07, 6.45) is 2.54. The summed E-state index contributed by atoms with van der Waals surface area (Å²) in [5, 5.41) is 26.8. The number of benzene rings is 1. The number of rotatable bonds is 16. The third-order valence-corrected chi connectivity index (χ3v) is 7.21. The SMILES string of the molecule is CSCC[C@H](NC(=O)[C@@H]1CCCN1C(=O)[C@H](CCC(N)=O)NC(=O)CN)C(=O)N[C@@H](Cc1ccc(O)cc1)C(=O)O. The van der Waals surface area contributed by atoms with Crippen LogP contribution >= 0.6 is 11.8 Å². The lowest BCUT2D eigenvalue weighted by atomic mass is 10.0. The van der Waals surface area contributed by atoms with Crippen LogP contribution in [-0.4, -0.2) is 99.9 Å². The van der Waals surface area contributed by atoms with Gasteiger partial charge < -0.3 is 42.5 Å². The Morgan fingerprint density at radius 2 is 1.71 bits per heavy atom. The van der Waals surface area contributed by atoms with Crippen molar-refractivity contribution in [2.45, 2.75) is 62.7 Å². The number of nitrogens with two attached hydrogens (primary N) is 2. The highest BCUT2D eigenvalue weighted by Gasteiger charge is 2.39. The van der Waals surface area contributed by atoms with Gasteiger partial charge in [-0.2, -0.15) is 11.8 Å². The molecule has 14 nitrogen and oxygen atoms in total. The van der Waals surface area contributed by atoms with E-state index in [2.05, 4.69) is 16.0 Å². The van der Waals surface area contributed by atoms with Crippen molar-refractivity contribution in [1.82, 2.24) is 20.9 Å². The zero-order chi connectivity index (χ0) is 30.5. The maximum atomic E-state index is 13.3. The lowest BCUT2D eigenvalue weighted by Gasteiger charge is -2.30. The van der Waals surface area contributed by atoms with Gasteiger partial charge >= 0.3 is 5.97 Å². The summed E-state index contributed by atoms with van der Waals surface area (Å²) in [4.78, 5) is 76.2. The van der Waals surface area contributed by atoms with Crippen LogP contribution in [0.2, 0.25) is 0 Å². The maximum absolute atomic E-state index is 13.3. The van der Waals surface area contributed by atoms with Crippen molar-refractivity contribution in [2.75, 3.05) is 25.1 Å². The second-order valence-corrected chi connectivity index (χ2v) is 10.6. The number of carboxylic acids is 1. The third-order valence-electron chi connectivity index (χ3n) is 6.57. The molecule has 41 heavy (non-hydrogen) atoms. The number of hydrogen-bond acceptors (Lipinski definition) is 9. The number of carbonyl (C=O) groups is 6. The number of primary amides is 1. The Morgan fingerprint density at radius 3 is 2.29 bits per heavy atom. The fraction of sp³-hybridized carbons (Fsp3) is 0.538. The predicted octanol–water partition coefficient (Wildman–Crippen LogP) is -1.56. The Morgan fingerprint density at radius 1 is 1.02 bits per heavy atom. The van der Waals surface area contributed by atoms with E-state index in [9.17, 15) is 39.0 Å². The maximum Gasteiger partial charge on any atom is 0.326 e. The molecular formula is C26H38N6O8S.